The van der Waals surface area contributed by atoms with E-state index in [1.807, 2.05) is 24.3 Å². The van der Waals surface area contributed by atoms with Crippen LogP contribution in [0.3, 0.4) is 0 Å². The van der Waals surface area contributed by atoms with Crippen molar-refractivity contribution >= 4 is 11.5 Å². The quantitative estimate of drug-likeness (QED) is 0.362. The molecule has 0 bridgehead atoms. The highest BCUT2D eigenvalue weighted by atomic mass is 16.5. The van der Waals surface area contributed by atoms with E-state index in [-0.39, 0.29) is 23.5 Å². The molecule has 0 radical (unpaired) electrons. The minimum atomic E-state index is 0.0846. The number of rotatable bonds is 3. The van der Waals surface area contributed by atoms with Gasteiger partial charge < -0.3 is 20.9 Å². The third-order valence-electron chi connectivity index (χ3n) is 6.80. The fraction of sp³-hybridized carbons (Fsp3) is 0.269. The molecule has 5 N–H and O–H groups in total. The van der Waals surface area contributed by atoms with Gasteiger partial charge in [-0.2, -0.15) is 0 Å². The molecule has 3 unspecified atom stereocenters. The summed E-state index contributed by atoms with van der Waals surface area (Å²) in [5.74, 6) is 1.26. The molecule has 0 amide bonds. The van der Waals surface area contributed by atoms with Crippen LogP contribution in [0.4, 0.5) is 5.69 Å². The number of aryl methyl sites for hydroxylation is 1. The molecule has 0 saturated carbocycles. The lowest BCUT2D eigenvalue weighted by Crippen LogP contribution is -2.32. The monoisotopic (exact) mass is 413 g/mol. The van der Waals surface area contributed by atoms with Crippen molar-refractivity contribution in [2.75, 3.05) is 12.4 Å². The lowest BCUT2D eigenvalue weighted by molar-refractivity contribution is 0.358. The average molecular weight is 414 g/mol. The summed E-state index contributed by atoms with van der Waals surface area (Å²) < 4.78 is 5.39. The molecule has 31 heavy (non-hydrogen) atoms. The number of hydrogen-bond donors (Lipinski definition) is 4. The lowest BCUT2D eigenvalue weighted by atomic mass is 9.70. The first-order valence-electron chi connectivity index (χ1n) is 10.8. The lowest BCUT2D eigenvalue weighted by Gasteiger charge is -2.41. The molecule has 0 fully saturated rings. The number of nitrogens with two attached hydrogens (primary N) is 1. The average Bonchev–Trinajstić information content (AvgIpc) is 2.98. The Morgan fingerprint density at radius 3 is 2.74 bits per heavy atom. The van der Waals surface area contributed by atoms with Crippen LogP contribution in [0.2, 0.25) is 0 Å². The molecule has 5 rings (SSSR count). The van der Waals surface area contributed by atoms with Crippen molar-refractivity contribution in [1.29, 1.82) is 5.41 Å². The standard InChI is InChI=1S/C26H27N3O2/c1-31-23-14-16(10-12-22(23)30)25-19-8-4-6-15-5-2-3-7-18(15)24(19)20-13-17(26(27)28)9-11-21(20)29-25/h2-3,5,7,9-14,19,24-25,29-30H,4,6,8H2,1H3,(H3,27,28). The van der Waals surface area contributed by atoms with E-state index in [1.165, 1.54) is 16.7 Å². The second-order valence-corrected chi connectivity index (χ2v) is 8.50. The summed E-state index contributed by atoms with van der Waals surface area (Å²) in [5.41, 5.74) is 12.7. The summed E-state index contributed by atoms with van der Waals surface area (Å²) in [4.78, 5) is 0. The Hall–Kier alpha value is -3.47. The van der Waals surface area contributed by atoms with E-state index in [2.05, 4.69) is 35.6 Å². The van der Waals surface area contributed by atoms with Crippen LogP contribution >= 0.6 is 0 Å². The Labute approximate surface area is 182 Å². The SMILES string of the molecule is COc1cc(C2Nc3ccc(C(=N)N)cc3C3c4ccccc4CCCC23)ccc1O. The molecule has 5 nitrogen and oxygen atoms in total. The molecule has 5 heteroatoms. The molecule has 0 spiro atoms. The van der Waals surface area contributed by atoms with E-state index in [0.717, 1.165) is 36.1 Å². The number of methoxy groups -OCH3 is 1. The Kier molecular flexibility index (Phi) is 4.81. The molecule has 1 aliphatic heterocycles. The smallest absolute Gasteiger partial charge is 0.160 e. The predicted octanol–water partition coefficient (Wildman–Crippen LogP) is 4.94. The van der Waals surface area contributed by atoms with Gasteiger partial charge in [-0.3, -0.25) is 5.41 Å². The zero-order chi connectivity index (χ0) is 21.5. The van der Waals surface area contributed by atoms with Gasteiger partial charge in [0.15, 0.2) is 11.5 Å². The van der Waals surface area contributed by atoms with E-state index in [1.54, 1.807) is 13.2 Å². The summed E-state index contributed by atoms with van der Waals surface area (Å²) in [6, 6.07) is 20.5. The van der Waals surface area contributed by atoms with E-state index < -0.39 is 0 Å². The van der Waals surface area contributed by atoms with Gasteiger partial charge in [0.25, 0.3) is 0 Å². The van der Waals surface area contributed by atoms with Crippen LogP contribution in [0, 0.1) is 11.3 Å². The van der Waals surface area contributed by atoms with Gasteiger partial charge in [-0.05, 0) is 77.8 Å². The summed E-state index contributed by atoms with van der Waals surface area (Å²) >= 11 is 0. The molecule has 3 aromatic carbocycles. The van der Waals surface area contributed by atoms with Crippen molar-refractivity contribution in [3.63, 3.8) is 0 Å². The van der Waals surface area contributed by atoms with Crippen molar-refractivity contribution in [1.82, 2.24) is 0 Å². The second kappa shape index (κ2) is 7.65. The van der Waals surface area contributed by atoms with Gasteiger partial charge in [0.1, 0.15) is 5.84 Å². The van der Waals surface area contributed by atoms with Crippen molar-refractivity contribution in [2.24, 2.45) is 11.7 Å². The van der Waals surface area contributed by atoms with Gasteiger partial charge in [0.05, 0.1) is 13.2 Å². The van der Waals surface area contributed by atoms with Gasteiger partial charge in [0, 0.05) is 17.2 Å². The number of phenols is 1. The van der Waals surface area contributed by atoms with Crippen molar-refractivity contribution < 1.29 is 9.84 Å². The van der Waals surface area contributed by atoms with Gasteiger partial charge in [0.2, 0.25) is 0 Å². The van der Waals surface area contributed by atoms with Crippen LogP contribution in [-0.4, -0.2) is 18.1 Å². The number of fused-ring (bicyclic) bond motifs is 5. The van der Waals surface area contributed by atoms with E-state index in [9.17, 15) is 5.11 Å². The highest BCUT2D eigenvalue weighted by molar-refractivity contribution is 5.95. The summed E-state index contributed by atoms with van der Waals surface area (Å²) in [7, 11) is 1.58. The minimum Gasteiger partial charge on any atom is -0.504 e. The number of aromatic hydroxyl groups is 1. The van der Waals surface area contributed by atoms with Gasteiger partial charge >= 0.3 is 0 Å². The predicted molar refractivity (Wildman–Crippen MR) is 123 cm³/mol. The van der Waals surface area contributed by atoms with Gasteiger partial charge in [-0.1, -0.05) is 30.3 Å². The number of nitrogens with one attached hydrogen (secondary N) is 2. The molecular formula is C26H27N3O2. The van der Waals surface area contributed by atoms with Crippen LogP contribution < -0.4 is 15.8 Å². The molecule has 1 heterocycles. The van der Waals surface area contributed by atoms with E-state index in [0.29, 0.717) is 11.7 Å². The van der Waals surface area contributed by atoms with Gasteiger partial charge in [-0.15, -0.1) is 0 Å². The first-order valence-corrected chi connectivity index (χ1v) is 10.8. The summed E-state index contributed by atoms with van der Waals surface area (Å²) in [6.45, 7) is 0. The Bertz CT molecular complexity index is 1160. The number of amidine groups is 1. The fourth-order valence-corrected chi connectivity index (χ4v) is 5.36. The number of nitrogen functional groups attached to an aromatic ring is 1. The third kappa shape index (κ3) is 3.30. The highest BCUT2D eigenvalue weighted by Crippen LogP contribution is 2.52. The molecule has 0 saturated heterocycles. The molecule has 2 aliphatic rings. The summed E-state index contributed by atoms with van der Waals surface area (Å²) in [5, 5.41) is 21.8. The maximum absolute atomic E-state index is 10.1. The zero-order valence-electron chi connectivity index (χ0n) is 17.6. The first-order chi connectivity index (χ1) is 15.1. The number of ether oxygens (including phenoxy) is 1. The van der Waals surface area contributed by atoms with Crippen LogP contribution in [0.1, 0.15) is 52.6 Å². The van der Waals surface area contributed by atoms with E-state index in [4.69, 9.17) is 15.9 Å². The molecule has 0 aromatic heterocycles. The van der Waals surface area contributed by atoms with Crippen LogP contribution in [0.15, 0.2) is 60.7 Å². The number of benzene rings is 3. The molecule has 3 aromatic rings. The Morgan fingerprint density at radius 2 is 1.94 bits per heavy atom. The topological polar surface area (TPSA) is 91.4 Å². The number of phenolic OH excluding ortho intramolecular Hbond substituents is 1. The Morgan fingerprint density at radius 1 is 1.10 bits per heavy atom. The maximum Gasteiger partial charge on any atom is 0.160 e. The van der Waals surface area contributed by atoms with E-state index >= 15 is 0 Å². The molecule has 158 valence electrons. The first kappa shape index (κ1) is 19.5. The maximum atomic E-state index is 10.1. The molecule has 1 aliphatic carbocycles. The summed E-state index contributed by atoms with van der Waals surface area (Å²) in [6.07, 6.45) is 3.26. The number of hydrogen-bond acceptors (Lipinski definition) is 4. The van der Waals surface area contributed by atoms with Crippen LogP contribution in [0.5, 0.6) is 11.5 Å². The zero-order valence-corrected chi connectivity index (χ0v) is 17.6. The number of anilines is 1. The minimum absolute atomic E-state index is 0.0846. The second-order valence-electron chi connectivity index (χ2n) is 8.50. The normalized spacial score (nSPS) is 21.6. The fourth-order valence-electron chi connectivity index (χ4n) is 5.36. The molecular weight excluding hydrogens is 386 g/mol. The van der Waals surface area contributed by atoms with Crippen molar-refractivity contribution in [3.8, 4) is 11.5 Å². The molecule has 3 atom stereocenters. The van der Waals surface area contributed by atoms with Crippen LogP contribution in [-0.2, 0) is 6.42 Å². The van der Waals surface area contributed by atoms with Crippen LogP contribution in [0.25, 0.3) is 0 Å². The third-order valence-corrected chi connectivity index (χ3v) is 6.80. The highest BCUT2D eigenvalue weighted by Gasteiger charge is 2.40. The van der Waals surface area contributed by atoms with Crippen molar-refractivity contribution in [2.45, 2.75) is 31.2 Å². The Balaban J connectivity index is 1.70. The van der Waals surface area contributed by atoms with Gasteiger partial charge in [-0.25, -0.2) is 0 Å². The van der Waals surface area contributed by atoms with Crippen molar-refractivity contribution in [3.05, 3.63) is 88.5 Å². The largest absolute Gasteiger partial charge is 0.504 e.